The van der Waals surface area contributed by atoms with E-state index in [0.717, 1.165) is 6.42 Å². The van der Waals surface area contributed by atoms with Gasteiger partial charge in [0.05, 0.1) is 0 Å². The summed E-state index contributed by atoms with van der Waals surface area (Å²) in [6.45, 7) is 6.37. The Labute approximate surface area is 105 Å². The molecule has 0 radical (unpaired) electrons. The van der Waals surface area contributed by atoms with Crippen LogP contribution in [0.15, 0.2) is 30.3 Å². The Hall–Kier alpha value is -0.666. The molecule has 0 amide bonds. The molecular formula is C11H20O4Si2. The second kappa shape index (κ2) is 6.92. The van der Waals surface area contributed by atoms with Gasteiger partial charge < -0.3 is 17.8 Å². The molecule has 0 bridgehead atoms. The summed E-state index contributed by atoms with van der Waals surface area (Å²) in [7, 11) is -4.93. The molecule has 6 heteroatoms. The number of para-hydroxylation sites is 1. The highest BCUT2D eigenvalue weighted by atomic mass is 28.4. The summed E-state index contributed by atoms with van der Waals surface area (Å²) in [5, 5.41) is 0. The molecule has 0 aliphatic heterocycles. The van der Waals surface area contributed by atoms with E-state index < -0.39 is 18.1 Å². The van der Waals surface area contributed by atoms with Crippen molar-refractivity contribution in [2.24, 2.45) is 0 Å². The van der Waals surface area contributed by atoms with E-state index in [1.54, 1.807) is 12.1 Å². The first-order chi connectivity index (χ1) is 8.06. The summed E-state index contributed by atoms with van der Waals surface area (Å²) < 4.78 is 16.4. The second-order valence-electron chi connectivity index (χ2n) is 3.95. The fourth-order valence-corrected chi connectivity index (χ4v) is 5.06. The molecule has 4 nitrogen and oxygen atoms in total. The molecule has 1 unspecified atom stereocenters. The molecule has 1 rings (SSSR count). The van der Waals surface area contributed by atoms with E-state index in [1.165, 1.54) is 0 Å². The predicted molar refractivity (Wildman–Crippen MR) is 71.2 cm³/mol. The predicted octanol–water partition coefficient (Wildman–Crippen LogP) is 1.92. The van der Waals surface area contributed by atoms with Crippen LogP contribution in [0.2, 0.25) is 13.1 Å². The van der Waals surface area contributed by atoms with Gasteiger partial charge in [-0.1, -0.05) is 25.1 Å². The van der Waals surface area contributed by atoms with Gasteiger partial charge in [0, 0.05) is 6.61 Å². The highest BCUT2D eigenvalue weighted by Crippen LogP contribution is 2.16. The molecule has 1 aromatic rings. The SMILES string of the molecule is CCCO[Si](O)(Oc1ccccc1)O[SiH](C)C. The largest absolute Gasteiger partial charge is 0.736 e. The third kappa shape index (κ3) is 5.47. The highest BCUT2D eigenvalue weighted by Gasteiger charge is 2.44. The summed E-state index contributed by atoms with van der Waals surface area (Å²) >= 11 is 0. The van der Waals surface area contributed by atoms with Crippen LogP contribution in [0.1, 0.15) is 13.3 Å². The number of rotatable bonds is 7. The van der Waals surface area contributed by atoms with Gasteiger partial charge in [-0.3, -0.25) is 0 Å². The van der Waals surface area contributed by atoms with E-state index in [0.29, 0.717) is 12.4 Å². The minimum Gasteiger partial charge on any atom is -0.481 e. The fraction of sp³-hybridized carbons (Fsp3) is 0.455. The lowest BCUT2D eigenvalue weighted by molar-refractivity contribution is 0.0821. The monoisotopic (exact) mass is 272 g/mol. The number of hydrogen-bond acceptors (Lipinski definition) is 4. The Morgan fingerprint density at radius 2 is 1.88 bits per heavy atom. The maximum Gasteiger partial charge on any atom is 0.736 e. The Balaban J connectivity index is 2.68. The Morgan fingerprint density at radius 3 is 2.41 bits per heavy atom. The van der Waals surface area contributed by atoms with Crippen LogP contribution in [0.4, 0.5) is 0 Å². The summed E-state index contributed by atoms with van der Waals surface area (Å²) in [5.41, 5.74) is 0. The van der Waals surface area contributed by atoms with Crippen LogP contribution in [-0.4, -0.2) is 29.5 Å². The third-order valence-electron chi connectivity index (χ3n) is 1.86. The molecule has 96 valence electrons. The van der Waals surface area contributed by atoms with Crippen molar-refractivity contribution >= 4 is 18.1 Å². The van der Waals surface area contributed by atoms with Gasteiger partial charge in [-0.2, -0.15) is 0 Å². The second-order valence-corrected chi connectivity index (χ2v) is 8.53. The molecule has 0 spiro atoms. The molecule has 0 saturated carbocycles. The smallest absolute Gasteiger partial charge is 0.481 e. The van der Waals surface area contributed by atoms with Gasteiger partial charge in [0.25, 0.3) is 0 Å². The molecule has 0 aromatic heterocycles. The van der Waals surface area contributed by atoms with Crippen LogP contribution in [-0.2, 0) is 8.54 Å². The van der Waals surface area contributed by atoms with Crippen LogP contribution in [0.5, 0.6) is 5.75 Å². The van der Waals surface area contributed by atoms with E-state index in [2.05, 4.69) is 0 Å². The van der Waals surface area contributed by atoms with Gasteiger partial charge in [-0.15, -0.1) is 0 Å². The van der Waals surface area contributed by atoms with Gasteiger partial charge in [0.15, 0.2) is 9.04 Å². The molecule has 0 fully saturated rings. The zero-order valence-corrected chi connectivity index (χ0v) is 12.7. The minimum atomic E-state index is -3.51. The molecule has 0 heterocycles. The molecular weight excluding hydrogens is 252 g/mol. The van der Waals surface area contributed by atoms with Crippen molar-refractivity contribution in [2.45, 2.75) is 26.4 Å². The van der Waals surface area contributed by atoms with Gasteiger partial charge in [0.1, 0.15) is 5.75 Å². The number of benzene rings is 1. The lowest BCUT2D eigenvalue weighted by atomic mass is 10.3. The first-order valence-electron chi connectivity index (χ1n) is 5.84. The molecule has 1 atom stereocenters. The lowest BCUT2D eigenvalue weighted by Gasteiger charge is -2.25. The number of hydrogen-bond donors (Lipinski definition) is 1. The van der Waals surface area contributed by atoms with Crippen molar-refractivity contribution < 1.29 is 17.8 Å². The van der Waals surface area contributed by atoms with Crippen LogP contribution < -0.4 is 4.43 Å². The fourth-order valence-electron chi connectivity index (χ4n) is 1.25. The minimum absolute atomic E-state index is 0.441. The molecule has 0 aliphatic rings. The zero-order valence-electron chi connectivity index (χ0n) is 10.6. The van der Waals surface area contributed by atoms with Crippen molar-refractivity contribution in [3.63, 3.8) is 0 Å². The average Bonchev–Trinajstić information content (AvgIpc) is 2.26. The topological polar surface area (TPSA) is 47.9 Å². The van der Waals surface area contributed by atoms with Crippen LogP contribution >= 0.6 is 0 Å². The lowest BCUT2D eigenvalue weighted by Crippen LogP contribution is -2.52. The van der Waals surface area contributed by atoms with E-state index in [4.69, 9.17) is 13.0 Å². The van der Waals surface area contributed by atoms with Gasteiger partial charge in [-0.25, -0.2) is 0 Å². The van der Waals surface area contributed by atoms with Crippen LogP contribution in [0, 0.1) is 0 Å². The Morgan fingerprint density at radius 1 is 1.24 bits per heavy atom. The average molecular weight is 272 g/mol. The summed E-state index contributed by atoms with van der Waals surface area (Å²) in [4.78, 5) is 10.3. The van der Waals surface area contributed by atoms with Gasteiger partial charge >= 0.3 is 9.05 Å². The standard InChI is InChI=1S/C11H20O4Si2/c1-4-10-13-17(12,15-16(2)3)14-11-8-6-5-7-9-11/h5-9,12,16H,4,10H2,1-3H3. The van der Waals surface area contributed by atoms with Crippen molar-refractivity contribution in [1.29, 1.82) is 0 Å². The Bertz CT molecular complexity index is 321. The van der Waals surface area contributed by atoms with Gasteiger partial charge in [0.2, 0.25) is 0 Å². The summed E-state index contributed by atoms with van der Waals surface area (Å²) in [6.07, 6.45) is 0.816. The van der Waals surface area contributed by atoms with Crippen LogP contribution in [0.25, 0.3) is 0 Å². The highest BCUT2D eigenvalue weighted by molar-refractivity contribution is 6.65. The normalized spacial score (nSPS) is 14.6. The molecule has 0 aliphatic carbocycles. The molecule has 1 N–H and O–H groups in total. The maximum absolute atomic E-state index is 10.3. The first kappa shape index (κ1) is 14.4. The molecule has 0 saturated heterocycles. The van der Waals surface area contributed by atoms with Crippen molar-refractivity contribution in [3.8, 4) is 5.75 Å². The zero-order chi connectivity index (χ0) is 12.7. The maximum atomic E-state index is 10.3. The van der Waals surface area contributed by atoms with Crippen molar-refractivity contribution in [2.75, 3.05) is 6.61 Å². The van der Waals surface area contributed by atoms with Crippen LogP contribution in [0.3, 0.4) is 0 Å². The summed E-state index contributed by atoms with van der Waals surface area (Å²) in [5.74, 6) is 0.576. The quantitative estimate of drug-likeness (QED) is 0.770. The molecule has 17 heavy (non-hydrogen) atoms. The van der Waals surface area contributed by atoms with E-state index in [-0.39, 0.29) is 0 Å². The van der Waals surface area contributed by atoms with Crippen molar-refractivity contribution in [1.82, 2.24) is 0 Å². The van der Waals surface area contributed by atoms with Crippen molar-refractivity contribution in [3.05, 3.63) is 30.3 Å². The molecule has 1 aromatic carbocycles. The third-order valence-corrected chi connectivity index (χ3v) is 6.00. The van der Waals surface area contributed by atoms with Gasteiger partial charge in [-0.05, 0) is 31.6 Å². The Kier molecular flexibility index (Phi) is 5.86. The van der Waals surface area contributed by atoms with E-state index in [9.17, 15) is 4.80 Å². The van der Waals surface area contributed by atoms with E-state index >= 15 is 0 Å². The first-order valence-corrected chi connectivity index (χ1v) is 10.3. The van der Waals surface area contributed by atoms with E-state index in [1.807, 2.05) is 38.2 Å². The summed E-state index contributed by atoms with van der Waals surface area (Å²) in [6, 6.07) is 9.13.